The van der Waals surface area contributed by atoms with Gasteiger partial charge in [-0.15, -0.1) is 0 Å². The molecule has 26 heavy (non-hydrogen) atoms. The monoisotopic (exact) mass is 399 g/mol. The Hall–Kier alpha value is -1.41. The maximum absolute atomic E-state index is 12.7. The molecule has 2 aliphatic rings. The third-order valence-corrected chi connectivity index (χ3v) is 9.41. The molecule has 1 saturated carbocycles. The number of carbonyl (C=O) groups is 1. The second-order valence-corrected chi connectivity index (χ2v) is 11.7. The number of benzene rings is 1. The van der Waals surface area contributed by atoms with Crippen LogP contribution < -0.4 is 5.32 Å². The van der Waals surface area contributed by atoms with E-state index in [9.17, 15) is 21.6 Å². The zero-order valence-electron chi connectivity index (χ0n) is 14.7. The fourth-order valence-corrected chi connectivity index (χ4v) is 8.11. The van der Waals surface area contributed by atoms with E-state index in [1.807, 2.05) is 0 Å². The van der Waals surface area contributed by atoms with Crippen molar-refractivity contribution < 1.29 is 21.6 Å². The second kappa shape index (κ2) is 7.68. The Morgan fingerprint density at radius 3 is 2.35 bits per heavy atom. The molecular formula is C18H25NO5S2. The molecule has 0 unspecified atom stereocenters. The van der Waals surface area contributed by atoms with Gasteiger partial charge >= 0.3 is 0 Å². The lowest BCUT2D eigenvalue weighted by atomic mass is 10.1. The standard InChI is InChI=1S/C18H25NO5S2/c20-18(19-15-7-3-1-2-4-8-15)14-6-5-9-16(12-14)26(23,24)17-10-11-25(21,22)13-17/h5-6,9,12,15,17H,1-4,7-8,10-11,13H2,(H,19,20)/t17-/m1/s1. The zero-order chi connectivity index (χ0) is 18.8. The van der Waals surface area contributed by atoms with Gasteiger partial charge in [0, 0.05) is 11.6 Å². The summed E-state index contributed by atoms with van der Waals surface area (Å²) in [6.07, 6.45) is 6.57. The van der Waals surface area contributed by atoms with Crippen molar-refractivity contribution in [1.82, 2.24) is 5.32 Å². The van der Waals surface area contributed by atoms with E-state index >= 15 is 0 Å². The van der Waals surface area contributed by atoms with E-state index in [1.165, 1.54) is 25.0 Å². The molecule has 0 aromatic heterocycles. The van der Waals surface area contributed by atoms with Gasteiger partial charge in [0.15, 0.2) is 19.7 Å². The number of carbonyl (C=O) groups excluding carboxylic acids is 1. The quantitative estimate of drug-likeness (QED) is 0.782. The van der Waals surface area contributed by atoms with Gasteiger partial charge in [-0.25, -0.2) is 16.8 Å². The first-order valence-corrected chi connectivity index (χ1v) is 12.5. The molecule has 2 fully saturated rings. The SMILES string of the molecule is O=C(NC1CCCCCC1)c1cccc(S(=O)(=O)[C@@H]2CCS(=O)(=O)C2)c1. The molecule has 1 aromatic carbocycles. The molecule has 1 aliphatic carbocycles. The van der Waals surface area contributed by atoms with Crippen LogP contribution in [0.1, 0.15) is 55.3 Å². The fourth-order valence-electron chi connectivity index (χ4n) is 3.70. The maximum atomic E-state index is 12.7. The van der Waals surface area contributed by atoms with Crippen LogP contribution in [0.5, 0.6) is 0 Å². The summed E-state index contributed by atoms with van der Waals surface area (Å²) in [6, 6.07) is 6.06. The number of nitrogens with one attached hydrogen (secondary N) is 1. The number of amides is 1. The molecule has 1 aromatic rings. The minimum absolute atomic E-state index is 0.0214. The molecule has 0 radical (unpaired) electrons. The predicted octanol–water partition coefficient (Wildman–Crippen LogP) is 2.10. The largest absolute Gasteiger partial charge is 0.349 e. The van der Waals surface area contributed by atoms with E-state index in [0.29, 0.717) is 5.56 Å². The Morgan fingerprint density at radius 2 is 1.73 bits per heavy atom. The van der Waals surface area contributed by atoms with Crippen LogP contribution >= 0.6 is 0 Å². The van der Waals surface area contributed by atoms with Crippen molar-refractivity contribution in [3.8, 4) is 0 Å². The highest BCUT2D eigenvalue weighted by atomic mass is 32.2. The van der Waals surface area contributed by atoms with Gasteiger partial charge in [-0.1, -0.05) is 31.7 Å². The molecule has 1 N–H and O–H groups in total. The van der Waals surface area contributed by atoms with E-state index in [2.05, 4.69) is 5.32 Å². The van der Waals surface area contributed by atoms with E-state index in [0.717, 1.165) is 25.7 Å². The molecule has 8 heteroatoms. The summed E-state index contributed by atoms with van der Waals surface area (Å²) in [5.41, 5.74) is 0.302. The van der Waals surface area contributed by atoms with Crippen molar-refractivity contribution in [3.05, 3.63) is 29.8 Å². The van der Waals surface area contributed by atoms with Crippen LogP contribution in [0.3, 0.4) is 0 Å². The number of sulfone groups is 2. The Morgan fingerprint density at radius 1 is 1.04 bits per heavy atom. The highest BCUT2D eigenvalue weighted by molar-refractivity contribution is 7.96. The van der Waals surface area contributed by atoms with Crippen LogP contribution in [0.4, 0.5) is 0 Å². The number of hydrogen-bond donors (Lipinski definition) is 1. The van der Waals surface area contributed by atoms with Gasteiger partial charge in [-0.2, -0.15) is 0 Å². The lowest BCUT2D eigenvalue weighted by molar-refractivity contribution is 0.0933. The normalized spacial score (nSPS) is 24.1. The lowest BCUT2D eigenvalue weighted by Crippen LogP contribution is -2.34. The molecule has 1 heterocycles. The Labute approximate surface area is 155 Å². The van der Waals surface area contributed by atoms with Crippen LogP contribution in [-0.2, 0) is 19.7 Å². The predicted molar refractivity (Wildman–Crippen MR) is 99.6 cm³/mol. The summed E-state index contributed by atoms with van der Waals surface area (Å²) < 4.78 is 48.7. The highest BCUT2D eigenvalue weighted by Gasteiger charge is 2.38. The third-order valence-electron chi connectivity index (χ3n) is 5.24. The summed E-state index contributed by atoms with van der Waals surface area (Å²) in [5, 5.41) is 2.08. The smallest absolute Gasteiger partial charge is 0.251 e. The molecule has 6 nitrogen and oxygen atoms in total. The number of rotatable bonds is 4. The third kappa shape index (κ3) is 4.46. The van der Waals surface area contributed by atoms with Crippen LogP contribution in [0.2, 0.25) is 0 Å². The Bertz CT molecular complexity index is 869. The second-order valence-electron chi connectivity index (χ2n) is 7.26. The first-order valence-electron chi connectivity index (χ1n) is 9.13. The van der Waals surface area contributed by atoms with Gasteiger partial charge in [0.2, 0.25) is 0 Å². The molecule has 1 atom stereocenters. The molecule has 0 spiro atoms. The van der Waals surface area contributed by atoms with Gasteiger partial charge in [0.1, 0.15) is 0 Å². The van der Waals surface area contributed by atoms with Crippen molar-refractivity contribution >= 4 is 25.6 Å². The van der Waals surface area contributed by atoms with E-state index in [1.54, 1.807) is 12.1 Å². The van der Waals surface area contributed by atoms with E-state index in [4.69, 9.17) is 0 Å². The average molecular weight is 400 g/mol. The minimum Gasteiger partial charge on any atom is -0.349 e. The van der Waals surface area contributed by atoms with Gasteiger partial charge < -0.3 is 5.32 Å². The highest BCUT2D eigenvalue weighted by Crippen LogP contribution is 2.26. The van der Waals surface area contributed by atoms with Crippen LogP contribution in [0.15, 0.2) is 29.2 Å². The molecule has 0 bridgehead atoms. The molecular weight excluding hydrogens is 374 g/mol. The molecule has 1 amide bonds. The first kappa shape index (κ1) is 19.4. The number of hydrogen-bond acceptors (Lipinski definition) is 5. The van der Waals surface area contributed by atoms with E-state index in [-0.39, 0.29) is 34.8 Å². The van der Waals surface area contributed by atoms with Crippen LogP contribution in [0.25, 0.3) is 0 Å². The first-order chi connectivity index (χ1) is 12.3. The van der Waals surface area contributed by atoms with Crippen molar-refractivity contribution in [2.45, 2.75) is 61.1 Å². The zero-order valence-corrected chi connectivity index (χ0v) is 16.3. The van der Waals surface area contributed by atoms with Crippen molar-refractivity contribution in [1.29, 1.82) is 0 Å². The van der Waals surface area contributed by atoms with Crippen LogP contribution in [-0.4, -0.2) is 45.5 Å². The lowest BCUT2D eigenvalue weighted by Gasteiger charge is -2.17. The van der Waals surface area contributed by atoms with Gasteiger partial charge in [-0.3, -0.25) is 4.79 Å². The molecule has 1 saturated heterocycles. The van der Waals surface area contributed by atoms with Crippen LogP contribution in [0, 0.1) is 0 Å². The van der Waals surface area contributed by atoms with E-state index < -0.39 is 24.9 Å². The molecule has 1 aliphatic heterocycles. The van der Waals surface area contributed by atoms with Crippen molar-refractivity contribution in [3.63, 3.8) is 0 Å². The summed E-state index contributed by atoms with van der Waals surface area (Å²) in [5.74, 6) is -0.708. The Balaban J connectivity index is 1.76. The summed E-state index contributed by atoms with van der Waals surface area (Å²) in [7, 11) is -7.06. The maximum Gasteiger partial charge on any atom is 0.251 e. The fraction of sp³-hybridized carbons (Fsp3) is 0.611. The molecule has 3 rings (SSSR count). The van der Waals surface area contributed by atoms with Crippen molar-refractivity contribution in [2.24, 2.45) is 0 Å². The summed E-state index contributed by atoms with van der Waals surface area (Å²) in [6.45, 7) is 0. The topological polar surface area (TPSA) is 97.4 Å². The average Bonchev–Trinajstić information content (AvgIpc) is 2.81. The van der Waals surface area contributed by atoms with Gasteiger partial charge in [-0.05, 0) is 37.5 Å². The Kier molecular flexibility index (Phi) is 5.72. The summed E-state index contributed by atoms with van der Waals surface area (Å²) >= 11 is 0. The minimum atomic E-state index is -3.76. The van der Waals surface area contributed by atoms with Crippen molar-refractivity contribution in [2.75, 3.05) is 11.5 Å². The molecule has 144 valence electrons. The van der Waals surface area contributed by atoms with Gasteiger partial charge in [0.25, 0.3) is 5.91 Å². The summed E-state index contributed by atoms with van der Waals surface area (Å²) in [4.78, 5) is 12.5. The van der Waals surface area contributed by atoms with Gasteiger partial charge in [0.05, 0.1) is 21.7 Å².